The van der Waals surface area contributed by atoms with Crippen LogP contribution in [0.4, 0.5) is 5.82 Å². The maximum atomic E-state index is 5.48. The normalized spacial score (nSPS) is 17.3. The maximum absolute atomic E-state index is 5.48. The summed E-state index contributed by atoms with van der Waals surface area (Å²) in [6.45, 7) is 6.54. The molecule has 0 aliphatic carbocycles. The maximum Gasteiger partial charge on any atom is 0.129 e. The second-order valence-corrected chi connectivity index (χ2v) is 6.29. The van der Waals surface area contributed by atoms with Gasteiger partial charge in [0.25, 0.3) is 0 Å². The van der Waals surface area contributed by atoms with E-state index in [1.807, 2.05) is 17.4 Å². The van der Waals surface area contributed by atoms with Crippen LogP contribution in [0.15, 0.2) is 29.9 Å². The smallest absolute Gasteiger partial charge is 0.129 e. The minimum atomic E-state index is 0.365. The Morgan fingerprint density at radius 1 is 1.36 bits per heavy atom. The van der Waals surface area contributed by atoms with Crippen molar-refractivity contribution in [3.8, 4) is 0 Å². The highest BCUT2D eigenvalue weighted by Gasteiger charge is 2.23. The Morgan fingerprint density at radius 3 is 2.95 bits per heavy atom. The number of aryl methyl sites for hydroxylation is 1. The van der Waals surface area contributed by atoms with Crippen LogP contribution in [0.2, 0.25) is 0 Å². The molecule has 1 atom stereocenters. The molecule has 118 valence electrons. The average molecular weight is 318 g/mol. The SMILES string of the molecule is CCc1cc(NC[C@H](c2cccs2)N2CCOCC2)ncn1. The van der Waals surface area contributed by atoms with Crippen LogP contribution < -0.4 is 5.32 Å². The van der Waals surface area contributed by atoms with Crippen molar-refractivity contribution < 1.29 is 4.74 Å². The summed E-state index contributed by atoms with van der Waals surface area (Å²) in [6, 6.07) is 6.73. The fraction of sp³-hybridized carbons (Fsp3) is 0.500. The van der Waals surface area contributed by atoms with Crippen LogP contribution in [0.25, 0.3) is 0 Å². The van der Waals surface area contributed by atoms with E-state index in [1.165, 1.54) is 4.88 Å². The van der Waals surface area contributed by atoms with Crippen molar-refractivity contribution in [3.63, 3.8) is 0 Å². The quantitative estimate of drug-likeness (QED) is 0.887. The van der Waals surface area contributed by atoms with E-state index in [0.29, 0.717) is 6.04 Å². The molecule has 3 rings (SSSR count). The molecule has 0 bridgehead atoms. The van der Waals surface area contributed by atoms with Gasteiger partial charge >= 0.3 is 0 Å². The number of rotatable bonds is 6. The first-order valence-corrected chi connectivity index (χ1v) is 8.64. The zero-order valence-electron chi connectivity index (χ0n) is 12.9. The first-order chi connectivity index (χ1) is 10.9. The molecule has 0 saturated carbocycles. The van der Waals surface area contributed by atoms with Crippen molar-refractivity contribution in [1.82, 2.24) is 14.9 Å². The Kier molecular flexibility index (Phi) is 5.37. The van der Waals surface area contributed by atoms with E-state index in [2.05, 4.69) is 44.6 Å². The van der Waals surface area contributed by atoms with Crippen molar-refractivity contribution in [2.24, 2.45) is 0 Å². The molecule has 2 aromatic heterocycles. The minimum absolute atomic E-state index is 0.365. The van der Waals surface area contributed by atoms with E-state index < -0.39 is 0 Å². The van der Waals surface area contributed by atoms with E-state index in [4.69, 9.17) is 4.74 Å². The van der Waals surface area contributed by atoms with Crippen molar-refractivity contribution in [3.05, 3.63) is 40.5 Å². The Labute approximate surface area is 135 Å². The van der Waals surface area contributed by atoms with Crippen molar-refractivity contribution in [2.75, 3.05) is 38.2 Å². The van der Waals surface area contributed by atoms with Crippen LogP contribution in [0.5, 0.6) is 0 Å². The van der Waals surface area contributed by atoms with E-state index in [9.17, 15) is 0 Å². The zero-order chi connectivity index (χ0) is 15.2. The van der Waals surface area contributed by atoms with Gasteiger partial charge in [-0.3, -0.25) is 4.90 Å². The molecule has 2 aromatic rings. The van der Waals surface area contributed by atoms with Gasteiger partial charge in [0.1, 0.15) is 12.1 Å². The van der Waals surface area contributed by atoms with E-state index in [0.717, 1.165) is 50.8 Å². The highest BCUT2D eigenvalue weighted by molar-refractivity contribution is 7.10. The molecule has 5 nitrogen and oxygen atoms in total. The summed E-state index contributed by atoms with van der Waals surface area (Å²) in [4.78, 5) is 12.5. The standard InChI is InChI=1S/C16H22N4OS/c1-2-13-10-16(19-12-18-13)17-11-14(15-4-3-9-22-15)20-5-7-21-8-6-20/h3-4,9-10,12,14H,2,5-8,11H2,1H3,(H,17,18,19)/t14-/m1/s1. The number of morpholine rings is 1. The largest absolute Gasteiger partial charge is 0.379 e. The van der Waals surface area contributed by atoms with Gasteiger partial charge in [-0.2, -0.15) is 0 Å². The first kappa shape index (κ1) is 15.4. The highest BCUT2D eigenvalue weighted by atomic mass is 32.1. The van der Waals surface area contributed by atoms with Gasteiger partial charge < -0.3 is 10.1 Å². The lowest BCUT2D eigenvalue weighted by atomic mass is 10.2. The van der Waals surface area contributed by atoms with Crippen LogP contribution >= 0.6 is 11.3 Å². The molecule has 22 heavy (non-hydrogen) atoms. The molecule has 0 aromatic carbocycles. The molecule has 6 heteroatoms. The lowest BCUT2D eigenvalue weighted by Gasteiger charge is -2.34. The molecule has 1 fully saturated rings. The fourth-order valence-electron chi connectivity index (χ4n) is 2.67. The molecular formula is C16H22N4OS. The molecule has 0 amide bonds. The lowest BCUT2D eigenvalue weighted by molar-refractivity contribution is 0.0194. The number of nitrogens with one attached hydrogen (secondary N) is 1. The van der Waals surface area contributed by atoms with Crippen LogP contribution in [-0.2, 0) is 11.2 Å². The molecule has 1 aliphatic rings. The topological polar surface area (TPSA) is 50.3 Å². The lowest BCUT2D eigenvalue weighted by Crippen LogP contribution is -2.41. The summed E-state index contributed by atoms with van der Waals surface area (Å²) in [5, 5.41) is 5.62. The summed E-state index contributed by atoms with van der Waals surface area (Å²) < 4.78 is 5.48. The third kappa shape index (κ3) is 3.82. The van der Waals surface area contributed by atoms with Gasteiger partial charge in [0.05, 0.1) is 19.3 Å². The van der Waals surface area contributed by atoms with E-state index in [-0.39, 0.29) is 0 Å². The summed E-state index contributed by atoms with van der Waals surface area (Å²) in [5.74, 6) is 0.904. The zero-order valence-corrected chi connectivity index (χ0v) is 13.7. The summed E-state index contributed by atoms with van der Waals surface area (Å²) in [5.41, 5.74) is 1.07. The van der Waals surface area contributed by atoms with Gasteiger partial charge in [0.2, 0.25) is 0 Å². The Balaban J connectivity index is 1.69. The van der Waals surface area contributed by atoms with Crippen LogP contribution in [0.1, 0.15) is 23.5 Å². The number of thiophene rings is 1. The monoisotopic (exact) mass is 318 g/mol. The molecule has 1 N–H and O–H groups in total. The van der Waals surface area contributed by atoms with E-state index in [1.54, 1.807) is 6.33 Å². The number of aromatic nitrogens is 2. The fourth-order valence-corrected chi connectivity index (χ4v) is 3.53. The van der Waals surface area contributed by atoms with Crippen molar-refractivity contribution in [1.29, 1.82) is 0 Å². The molecule has 1 saturated heterocycles. The van der Waals surface area contributed by atoms with E-state index >= 15 is 0 Å². The molecule has 0 radical (unpaired) electrons. The van der Waals surface area contributed by atoms with Crippen molar-refractivity contribution >= 4 is 17.2 Å². The first-order valence-electron chi connectivity index (χ1n) is 7.77. The summed E-state index contributed by atoms with van der Waals surface area (Å²) >= 11 is 1.81. The molecule has 0 spiro atoms. The number of hydrogen-bond donors (Lipinski definition) is 1. The molecular weight excluding hydrogens is 296 g/mol. The molecule has 3 heterocycles. The number of hydrogen-bond acceptors (Lipinski definition) is 6. The Morgan fingerprint density at radius 2 is 2.23 bits per heavy atom. The van der Waals surface area contributed by atoms with Gasteiger partial charge in [-0.05, 0) is 17.9 Å². The van der Waals surface area contributed by atoms with Gasteiger partial charge in [-0.1, -0.05) is 13.0 Å². The van der Waals surface area contributed by atoms with Gasteiger partial charge in [-0.15, -0.1) is 11.3 Å². The van der Waals surface area contributed by atoms with Gasteiger partial charge in [-0.25, -0.2) is 9.97 Å². The summed E-state index contributed by atoms with van der Waals surface area (Å²) in [6.07, 6.45) is 2.56. The predicted molar refractivity (Wildman–Crippen MR) is 89.4 cm³/mol. The second-order valence-electron chi connectivity index (χ2n) is 5.31. The predicted octanol–water partition coefficient (Wildman–Crippen LogP) is 2.59. The summed E-state index contributed by atoms with van der Waals surface area (Å²) in [7, 11) is 0. The number of ether oxygens (including phenoxy) is 1. The number of anilines is 1. The Hall–Kier alpha value is -1.50. The third-order valence-electron chi connectivity index (χ3n) is 3.92. The van der Waals surface area contributed by atoms with Crippen LogP contribution in [0, 0.1) is 0 Å². The average Bonchev–Trinajstić information content (AvgIpc) is 3.10. The minimum Gasteiger partial charge on any atom is -0.379 e. The van der Waals surface area contributed by atoms with Gasteiger partial charge in [0.15, 0.2) is 0 Å². The van der Waals surface area contributed by atoms with Crippen LogP contribution in [-0.4, -0.2) is 47.7 Å². The Bertz CT molecular complexity index is 569. The molecule has 0 unspecified atom stereocenters. The van der Waals surface area contributed by atoms with Crippen LogP contribution in [0.3, 0.4) is 0 Å². The molecule has 1 aliphatic heterocycles. The number of nitrogens with zero attached hydrogens (tertiary/aromatic N) is 3. The second kappa shape index (κ2) is 7.67. The van der Waals surface area contributed by atoms with Gasteiger partial charge in [0, 0.05) is 36.3 Å². The third-order valence-corrected chi connectivity index (χ3v) is 4.89. The van der Waals surface area contributed by atoms with Crippen molar-refractivity contribution in [2.45, 2.75) is 19.4 Å². The highest BCUT2D eigenvalue weighted by Crippen LogP contribution is 2.26.